The van der Waals surface area contributed by atoms with E-state index in [0.717, 1.165) is 67.7 Å². The van der Waals surface area contributed by atoms with E-state index in [1.807, 2.05) is 36.4 Å². The van der Waals surface area contributed by atoms with Gasteiger partial charge in [0.25, 0.3) is 5.91 Å². The second-order valence-electron chi connectivity index (χ2n) is 12.6. The molecule has 49 heavy (non-hydrogen) atoms. The number of rotatable bonds is 16. The number of imidazole rings is 1. The fraction of sp³-hybridized carbons (Fsp3) is 0.410. The largest absolute Gasteiger partial charge is 0.383 e. The van der Waals surface area contributed by atoms with Gasteiger partial charge in [0, 0.05) is 49.5 Å². The topological polar surface area (TPSA) is 81.0 Å². The van der Waals surface area contributed by atoms with Gasteiger partial charge in [-0.25, -0.2) is 9.37 Å². The van der Waals surface area contributed by atoms with Gasteiger partial charge >= 0.3 is 0 Å². The summed E-state index contributed by atoms with van der Waals surface area (Å²) >= 11 is 5.87. The van der Waals surface area contributed by atoms with Gasteiger partial charge in [-0.15, -0.1) is 0 Å². The molecule has 8 nitrogen and oxygen atoms in total. The van der Waals surface area contributed by atoms with Gasteiger partial charge in [0.05, 0.1) is 30.3 Å². The van der Waals surface area contributed by atoms with Crippen LogP contribution in [0.25, 0.3) is 11.0 Å². The molecule has 2 aromatic carbocycles. The van der Waals surface area contributed by atoms with Crippen molar-refractivity contribution in [2.24, 2.45) is 10.9 Å². The van der Waals surface area contributed by atoms with Crippen molar-refractivity contribution in [3.8, 4) is 0 Å². The summed E-state index contributed by atoms with van der Waals surface area (Å²) in [7, 11) is 3.43. The summed E-state index contributed by atoms with van der Waals surface area (Å²) in [6.07, 6.45) is 17.5. The van der Waals surface area contributed by atoms with Crippen molar-refractivity contribution >= 4 is 35.3 Å². The van der Waals surface area contributed by atoms with Crippen molar-refractivity contribution in [3.63, 3.8) is 0 Å². The van der Waals surface area contributed by atoms with E-state index in [1.54, 1.807) is 26.4 Å². The zero-order valence-electron chi connectivity index (χ0n) is 28.5. The Morgan fingerprint density at radius 1 is 1.20 bits per heavy atom. The van der Waals surface area contributed by atoms with E-state index in [1.165, 1.54) is 11.6 Å². The lowest BCUT2D eigenvalue weighted by Gasteiger charge is -2.31. The number of fused-ring (bicyclic) bond motifs is 1. The Hall–Kier alpha value is -3.89. The summed E-state index contributed by atoms with van der Waals surface area (Å²) in [4.78, 5) is 24.8. The minimum atomic E-state index is -0.300. The lowest BCUT2D eigenvalue weighted by Crippen LogP contribution is -2.34. The van der Waals surface area contributed by atoms with E-state index >= 15 is 0 Å². The number of methoxy groups -OCH3 is 2. The van der Waals surface area contributed by atoms with Gasteiger partial charge in [0.15, 0.2) is 0 Å². The molecule has 0 bridgehead atoms. The molecule has 1 fully saturated rings. The summed E-state index contributed by atoms with van der Waals surface area (Å²) in [5.41, 5.74) is 5.26. The molecule has 260 valence electrons. The van der Waals surface area contributed by atoms with Crippen molar-refractivity contribution < 1.29 is 18.7 Å². The smallest absolute Gasteiger partial charge is 0.251 e. The molecule has 10 heteroatoms. The number of nitrogens with one attached hydrogen (secondary N) is 1. The molecule has 1 N–H and O–H groups in total. The van der Waals surface area contributed by atoms with E-state index in [-0.39, 0.29) is 17.8 Å². The molecule has 2 aliphatic rings. The number of likely N-dealkylation sites (tertiary alicyclic amines) is 1. The molecular weight excluding hydrogens is 641 g/mol. The number of benzene rings is 2. The highest BCUT2D eigenvalue weighted by molar-refractivity contribution is 6.30. The van der Waals surface area contributed by atoms with Gasteiger partial charge in [0.1, 0.15) is 11.6 Å². The number of halogens is 2. The van der Waals surface area contributed by atoms with Crippen LogP contribution in [0.3, 0.4) is 0 Å². The first-order chi connectivity index (χ1) is 23.9. The lowest BCUT2D eigenvalue weighted by atomic mass is 9.93. The van der Waals surface area contributed by atoms with Crippen LogP contribution in [0.4, 0.5) is 4.39 Å². The predicted molar refractivity (Wildman–Crippen MR) is 196 cm³/mol. The third-order valence-corrected chi connectivity index (χ3v) is 9.52. The quantitative estimate of drug-likeness (QED) is 0.0960. The fourth-order valence-corrected chi connectivity index (χ4v) is 6.59. The summed E-state index contributed by atoms with van der Waals surface area (Å²) < 4.78 is 27.1. The second kappa shape index (κ2) is 18.2. The minimum Gasteiger partial charge on any atom is -0.383 e. The number of piperidine rings is 1. The van der Waals surface area contributed by atoms with Gasteiger partial charge in [-0.05, 0) is 100 Å². The van der Waals surface area contributed by atoms with Crippen LogP contribution in [0.2, 0.25) is 5.02 Å². The van der Waals surface area contributed by atoms with Gasteiger partial charge in [-0.3, -0.25) is 14.7 Å². The fourth-order valence-electron chi connectivity index (χ4n) is 6.43. The van der Waals surface area contributed by atoms with E-state index in [0.29, 0.717) is 54.7 Å². The Bertz CT molecular complexity index is 1720. The number of carbonyl (C=O) groups excluding carboxylic acids is 1. The van der Waals surface area contributed by atoms with E-state index < -0.39 is 0 Å². The number of nitrogens with zero attached hydrogens (tertiary/aromatic N) is 4. The first-order valence-electron chi connectivity index (χ1n) is 17.0. The SMILES string of the molecule is C=N/C(=C\C=C/Cc1ccc(Cl)cc1F)C1CCN(Cc2nc3cc(C(=O)NCCCC4=CCC(OC)C=C4)ccc3n2CCOC)CC1. The molecule has 1 saturated heterocycles. The molecule has 1 aliphatic heterocycles. The standard InChI is InChI=1S/C39H47ClFN5O3/c1-42-35(9-5-4-8-29-12-14-32(40)26-34(29)41)30-18-21-45(22-19-30)27-38-44-36-25-31(13-17-37(36)46(38)23-24-48-2)39(47)43-20-6-7-28-10-15-33(49-3)16-11-28/h4-5,9-15,17,25-26,30,33H,1,6-8,16,18-24,27H2,2-3H3,(H,43,47)/b5-4-,35-9-. The minimum absolute atomic E-state index is 0.0868. The number of carbonyl (C=O) groups is 1. The highest BCUT2D eigenvalue weighted by Gasteiger charge is 2.24. The Labute approximate surface area is 294 Å². The molecule has 3 aromatic rings. The third-order valence-electron chi connectivity index (χ3n) is 9.29. The Morgan fingerprint density at radius 2 is 2.04 bits per heavy atom. The molecule has 0 spiro atoms. The first-order valence-corrected chi connectivity index (χ1v) is 17.4. The van der Waals surface area contributed by atoms with Crippen molar-refractivity contribution in [1.29, 1.82) is 0 Å². The third kappa shape index (κ3) is 10.1. The summed E-state index contributed by atoms with van der Waals surface area (Å²) in [5, 5.41) is 3.47. The van der Waals surface area contributed by atoms with Gasteiger partial charge in [-0.1, -0.05) is 53.6 Å². The predicted octanol–water partition coefficient (Wildman–Crippen LogP) is 7.48. The zero-order valence-corrected chi connectivity index (χ0v) is 29.3. The molecular formula is C39H47ClFN5O3. The molecule has 1 aromatic heterocycles. The maximum Gasteiger partial charge on any atom is 0.251 e. The summed E-state index contributed by atoms with van der Waals surface area (Å²) in [5.74, 6) is 0.878. The number of hydrogen-bond donors (Lipinski definition) is 1. The summed E-state index contributed by atoms with van der Waals surface area (Å²) in [6, 6.07) is 10.5. The molecule has 5 rings (SSSR count). The van der Waals surface area contributed by atoms with Gasteiger partial charge in [0.2, 0.25) is 0 Å². The van der Waals surface area contributed by atoms with Crippen molar-refractivity contribution in [2.75, 3.05) is 40.5 Å². The lowest BCUT2D eigenvalue weighted by molar-refractivity contribution is 0.0953. The number of aromatic nitrogens is 2. The number of allylic oxidation sites excluding steroid dienone is 6. The maximum atomic E-state index is 14.1. The number of amides is 1. The normalized spacial score (nSPS) is 17.6. The average Bonchev–Trinajstić information content (AvgIpc) is 3.46. The van der Waals surface area contributed by atoms with Crippen molar-refractivity contribution in [2.45, 2.75) is 57.7 Å². The molecule has 0 radical (unpaired) electrons. The molecule has 2 heterocycles. The highest BCUT2D eigenvalue weighted by Crippen LogP contribution is 2.27. The summed E-state index contributed by atoms with van der Waals surface area (Å²) in [6.45, 7) is 8.17. The van der Waals surface area contributed by atoms with E-state index in [2.05, 4.69) is 44.7 Å². The number of hydrogen-bond acceptors (Lipinski definition) is 6. The highest BCUT2D eigenvalue weighted by atomic mass is 35.5. The Morgan fingerprint density at radius 3 is 2.76 bits per heavy atom. The van der Waals surface area contributed by atoms with Gasteiger partial charge in [-0.2, -0.15) is 0 Å². The van der Waals surface area contributed by atoms with Crippen LogP contribution in [0, 0.1) is 11.7 Å². The molecule has 1 unspecified atom stereocenters. The molecule has 1 amide bonds. The second-order valence-corrected chi connectivity index (χ2v) is 13.0. The molecule has 1 atom stereocenters. The van der Waals surface area contributed by atoms with E-state index in [4.69, 9.17) is 26.1 Å². The first kappa shape index (κ1) is 36.4. The van der Waals surface area contributed by atoms with Crippen molar-refractivity contribution in [3.05, 3.63) is 112 Å². The van der Waals surface area contributed by atoms with Crippen LogP contribution in [-0.4, -0.2) is 73.6 Å². The van der Waals surface area contributed by atoms with Crippen LogP contribution in [0.5, 0.6) is 0 Å². The number of ether oxygens (including phenoxy) is 2. The van der Waals surface area contributed by atoms with Crippen LogP contribution >= 0.6 is 11.6 Å². The van der Waals surface area contributed by atoms with Crippen LogP contribution in [-0.2, 0) is 29.0 Å². The van der Waals surface area contributed by atoms with E-state index in [9.17, 15) is 9.18 Å². The van der Waals surface area contributed by atoms with Crippen molar-refractivity contribution in [1.82, 2.24) is 19.8 Å². The average molecular weight is 688 g/mol. The van der Waals surface area contributed by atoms with Crippen LogP contribution in [0.15, 0.2) is 89.1 Å². The van der Waals surface area contributed by atoms with Crippen LogP contribution in [0.1, 0.15) is 53.8 Å². The Kier molecular flexibility index (Phi) is 13.5. The maximum absolute atomic E-state index is 14.1. The Balaban J connectivity index is 1.16. The molecule has 1 aliphatic carbocycles. The zero-order chi connectivity index (χ0) is 34.6. The molecule has 0 saturated carbocycles. The monoisotopic (exact) mass is 687 g/mol. The van der Waals surface area contributed by atoms with Crippen LogP contribution < -0.4 is 5.32 Å². The number of aliphatic imine (C=N–C) groups is 1. The van der Waals surface area contributed by atoms with Gasteiger partial charge < -0.3 is 19.4 Å².